The Hall–Kier alpha value is -2.33. The number of nitrogens with zero attached hydrogens (tertiary/aromatic N) is 4. The summed E-state index contributed by atoms with van der Waals surface area (Å²) >= 11 is 1.62. The molecule has 2 fully saturated rings. The maximum atomic E-state index is 13.5. The number of para-hydroxylation sites is 1. The highest BCUT2D eigenvalue weighted by Crippen LogP contribution is 2.36. The van der Waals surface area contributed by atoms with E-state index in [-0.39, 0.29) is 42.2 Å². The molecule has 10 heteroatoms. The van der Waals surface area contributed by atoms with Crippen LogP contribution in [0.2, 0.25) is 0 Å². The van der Waals surface area contributed by atoms with Crippen LogP contribution in [0.4, 0.5) is 0 Å². The fourth-order valence-corrected chi connectivity index (χ4v) is 7.42. The number of hydrogen-bond donors (Lipinski definition) is 0. The minimum absolute atomic E-state index is 0.0616. The number of carbonyl (C=O) groups is 2. The molecule has 8 nitrogen and oxygen atoms in total. The summed E-state index contributed by atoms with van der Waals surface area (Å²) in [6, 6.07) is 7.40. The quantitative estimate of drug-likeness (QED) is 0.701. The first-order chi connectivity index (χ1) is 14.9. The van der Waals surface area contributed by atoms with Crippen molar-refractivity contribution < 1.29 is 18.0 Å². The van der Waals surface area contributed by atoms with Crippen LogP contribution >= 0.6 is 11.3 Å². The van der Waals surface area contributed by atoms with Crippen molar-refractivity contribution in [1.29, 1.82) is 0 Å². The molecule has 5 rings (SSSR count). The van der Waals surface area contributed by atoms with Crippen LogP contribution in [0.15, 0.2) is 29.4 Å². The van der Waals surface area contributed by atoms with Gasteiger partial charge in [-0.3, -0.25) is 9.59 Å². The lowest BCUT2D eigenvalue weighted by atomic mass is 10.0. The number of carbonyl (C=O) groups excluding carboxylic acids is 2. The van der Waals surface area contributed by atoms with Gasteiger partial charge in [0.2, 0.25) is 5.91 Å². The normalized spacial score (nSPS) is 26.3. The first-order valence-electron chi connectivity index (χ1n) is 10.7. The lowest BCUT2D eigenvalue weighted by Gasteiger charge is -2.36. The second kappa shape index (κ2) is 7.98. The van der Waals surface area contributed by atoms with Gasteiger partial charge in [-0.05, 0) is 37.8 Å². The summed E-state index contributed by atoms with van der Waals surface area (Å²) in [4.78, 5) is 32.5. The third kappa shape index (κ3) is 3.98. The number of sulfone groups is 1. The van der Waals surface area contributed by atoms with Crippen LogP contribution in [0.5, 0.6) is 0 Å². The van der Waals surface area contributed by atoms with Crippen molar-refractivity contribution in [3.8, 4) is 0 Å². The van der Waals surface area contributed by atoms with E-state index in [0.29, 0.717) is 18.7 Å². The summed E-state index contributed by atoms with van der Waals surface area (Å²) in [5, 5.41) is 6.58. The summed E-state index contributed by atoms with van der Waals surface area (Å²) in [6.07, 6.45) is 3.64. The maximum absolute atomic E-state index is 13.5. The molecule has 3 aliphatic rings. The number of aromatic nitrogens is 1. The molecule has 164 valence electrons. The van der Waals surface area contributed by atoms with Gasteiger partial charge in [-0.1, -0.05) is 12.1 Å². The van der Waals surface area contributed by atoms with Crippen molar-refractivity contribution >= 4 is 48.9 Å². The molecule has 0 saturated carbocycles. The highest BCUT2D eigenvalue weighted by molar-refractivity contribution is 7.91. The van der Waals surface area contributed by atoms with Gasteiger partial charge < -0.3 is 4.90 Å². The Kier molecular flexibility index (Phi) is 5.29. The largest absolute Gasteiger partial charge is 0.328 e. The van der Waals surface area contributed by atoms with E-state index < -0.39 is 15.9 Å². The van der Waals surface area contributed by atoms with Crippen LogP contribution in [0.1, 0.15) is 49.6 Å². The van der Waals surface area contributed by atoms with Crippen molar-refractivity contribution in [3.63, 3.8) is 0 Å². The SMILES string of the molecule is O=C(C1=NN([C@@H]2CCS(=O)(=O)C2)C(=O)CC1)N1CCCC[C@H]1c1nc2ccccc2s1. The molecule has 0 aliphatic carbocycles. The van der Waals surface area contributed by atoms with E-state index in [1.807, 2.05) is 29.2 Å². The molecule has 4 heterocycles. The average Bonchev–Trinajstić information content (AvgIpc) is 3.36. The molecule has 0 spiro atoms. The molecule has 1 aromatic carbocycles. The van der Waals surface area contributed by atoms with Crippen molar-refractivity contribution in [2.75, 3.05) is 18.1 Å². The van der Waals surface area contributed by atoms with Gasteiger partial charge in [-0.2, -0.15) is 5.10 Å². The Morgan fingerprint density at radius 3 is 2.74 bits per heavy atom. The number of benzene rings is 1. The topological polar surface area (TPSA) is 100 Å². The predicted molar refractivity (Wildman–Crippen MR) is 118 cm³/mol. The lowest BCUT2D eigenvalue weighted by molar-refractivity contribution is -0.134. The molecule has 3 aliphatic heterocycles. The molecule has 2 amide bonds. The predicted octanol–water partition coefficient (Wildman–Crippen LogP) is 2.52. The average molecular weight is 461 g/mol. The van der Waals surface area contributed by atoms with Crippen LogP contribution in [-0.2, 0) is 19.4 Å². The third-order valence-electron chi connectivity index (χ3n) is 6.22. The molecule has 31 heavy (non-hydrogen) atoms. The van der Waals surface area contributed by atoms with Crippen LogP contribution in [-0.4, -0.2) is 64.9 Å². The summed E-state index contributed by atoms with van der Waals surface area (Å²) in [5.41, 5.74) is 1.28. The summed E-state index contributed by atoms with van der Waals surface area (Å²) in [5.74, 6) is -0.393. The smallest absolute Gasteiger partial charge is 0.270 e. The van der Waals surface area contributed by atoms with Gasteiger partial charge in [0.15, 0.2) is 9.84 Å². The van der Waals surface area contributed by atoms with Gasteiger partial charge in [-0.15, -0.1) is 11.3 Å². The molecule has 2 atom stereocenters. The van der Waals surface area contributed by atoms with E-state index in [1.54, 1.807) is 11.3 Å². The van der Waals surface area contributed by atoms with Gasteiger partial charge in [-0.25, -0.2) is 18.4 Å². The highest BCUT2D eigenvalue weighted by Gasteiger charge is 2.39. The van der Waals surface area contributed by atoms with Crippen molar-refractivity contribution in [2.24, 2.45) is 5.10 Å². The van der Waals surface area contributed by atoms with E-state index in [0.717, 1.165) is 34.5 Å². The molecule has 2 saturated heterocycles. The van der Waals surface area contributed by atoms with E-state index >= 15 is 0 Å². The molecule has 1 aromatic heterocycles. The van der Waals surface area contributed by atoms with E-state index in [1.165, 1.54) is 5.01 Å². The minimum atomic E-state index is -3.15. The molecule has 2 aromatic rings. The fourth-order valence-electron chi connectivity index (χ4n) is 4.61. The zero-order valence-electron chi connectivity index (χ0n) is 17.1. The van der Waals surface area contributed by atoms with Crippen molar-refractivity contribution in [2.45, 2.75) is 50.6 Å². The second-order valence-electron chi connectivity index (χ2n) is 8.37. The number of likely N-dealkylation sites (tertiary alicyclic amines) is 1. The monoisotopic (exact) mass is 460 g/mol. The van der Waals surface area contributed by atoms with Gasteiger partial charge in [0.05, 0.1) is 33.8 Å². The van der Waals surface area contributed by atoms with E-state index in [4.69, 9.17) is 4.98 Å². The Labute approximate surface area is 184 Å². The number of amides is 2. The standard InChI is InChI=1S/C21H24N4O4S2/c26-19-9-8-16(23-25(19)14-10-12-31(28,29)13-14)21(27)24-11-4-3-6-17(24)20-22-15-5-1-2-7-18(15)30-20/h1-2,5,7,14,17H,3-4,6,8-13H2/t14-,17+/m1/s1. The van der Waals surface area contributed by atoms with E-state index in [9.17, 15) is 18.0 Å². The molecule has 0 unspecified atom stereocenters. The molecular formula is C21H24N4O4S2. The Balaban J connectivity index is 1.41. The van der Waals surface area contributed by atoms with Crippen molar-refractivity contribution in [3.05, 3.63) is 29.3 Å². The number of rotatable bonds is 3. The number of fused-ring (bicyclic) bond motifs is 1. The van der Waals surface area contributed by atoms with Gasteiger partial charge in [0, 0.05) is 19.4 Å². The number of hydrazone groups is 1. The molecule has 0 bridgehead atoms. The zero-order valence-corrected chi connectivity index (χ0v) is 18.7. The Morgan fingerprint density at radius 1 is 1.13 bits per heavy atom. The van der Waals surface area contributed by atoms with E-state index in [2.05, 4.69) is 5.10 Å². The van der Waals surface area contributed by atoms with Crippen LogP contribution in [0, 0.1) is 0 Å². The Bertz CT molecular complexity index is 1140. The van der Waals surface area contributed by atoms with Crippen LogP contribution < -0.4 is 0 Å². The van der Waals surface area contributed by atoms with Gasteiger partial charge >= 0.3 is 0 Å². The number of piperidine rings is 1. The fraction of sp³-hybridized carbons (Fsp3) is 0.524. The molecular weight excluding hydrogens is 436 g/mol. The first kappa shape index (κ1) is 20.6. The third-order valence-corrected chi connectivity index (χ3v) is 9.11. The van der Waals surface area contributed by atoms with Crippen LogP contribution in [0.3, 0.4) is 0 Å². The molecule has 0 N–H and O–H groups in total. The lowest BCUT2D eigenvalue weighted by Crippen LogP contribution is -2.47. The number of hydrogen-bond acceptors (Lipinski definition) is 7. The highest BCUT2D eigenvalue weighted by atomic mass is 32.2. The molecule has 0 radical (unpaired) electrons. The first-order valence-corrected chi connectivity index (χ1v) is 13.3. The summed E-state index contributed by atoms with van der Waals surface area (Å²) in [7, 11) is -3.15. The second-order valence-corrected chi connectivity index (χ2v) is 11.7. The van der Waals surface area contributed by atoms with Gasteiger partial charge in [0.1, 0.15) is 10.7 Å². The summed E-state index contributed by atoms with van der Waals surface area (Å²) in [6.45, 7) is 0.629. The van der Waals surface area contributed by atoms with Gasteiger partial charge in [0.25, 0.3) is 5.91 Å². The zero-order chi connectivity index (χ0) is 21.6. The Morgan fingerprint density at radius 2 is 1.97 bits per heavy atom. The number of thiazole rings is 1. The summed E-state index contributed by atoms with van der Waals surface area (Å²) < 4.78 is 24.8. The minimum Gasteiger partial charge on any atom is -0.328 e. The maximum Gasteiger partial charge on any atom is 0.270 e. The van der Waals surface area contributed by atoms with Crippen molar-refractivity contribution in [1.82, 2.24) is 14.9 Å². The van der Waals surface area contributed by atoms with Crippen LogP contribution in [0.25, 0.3) is 10.2 Å².